The van der Waals surface area contributed by atoms with Crippen LogP contribution in [0.2, 0.25) is 0 Å². The molecule has 2 aromatic carbocycles. The second-order valence-electron chi connectivity index (χ2n) is 7.25. The number of rotatable bonds is 6. The molecule has 0 bridgehead atoms. The molecule has 1 heterocycles. The molecule has 2 aromatic rings. The van der Waals surface area contributed by atoms with Crippen LogP contribution in [-0.4, -0.2) is 35.3 Å². The molecule has 2 atom stereocenters. The molecule has 6 nitrogen and oxygen atoms in total. The fourth-order valence-electron chi connectivity index (χ4n) is 3.26. The molecule has 0 radical (unpaired) electrons. The van der Waals surface area contributed by atoms with Crippen LogP contribution >= 0.6 is 0 Å². The number of carbonyl (C=O) groups excluding carboxylic acids is 3. The zero-order valence-electron chi connectivity index (χ0n) is 16.4. The van der Waals surface area contributed by atoms with Crippen LogP contribution in [0, 0.1) is 13.8 Å². The highest BCUT2D eigenvalue weighted by atomic mass is 16.2. The van der Waals surface area contributed by atoms with Crippen LogP contribution in [0.25, 0.3) is 0 Å². The molecule has 1 aliphatic heterocycles. The lowest BCUT2D eigenvalue weighted by Crippen LogP contribution is -2.42. The molecule has 1 fully saturated rings. The van der Waals surface area contributed by atoms with E-state index in [9.17, 15) is 14.4 Å². The number of nitrogens with zero attached hydrogens (tertiary/aromatic N) is 1. The van der Waals surface area contributed by atoms with Crippen molar-refractivity contribution in [2.45, 2.75) is 39.3 Å². The monoisotopic (exact) mass is 379 g/mol. The van der Waals surface area contributed by atoms with Gasteiger partial charge in [0.25, 0.3) is 5.91 Å². The van der Waals surface area contributed by atoms with Gasteiger partial charge in [-0.3, -0.25) is 14.5 Å². The lowest BCUT2D eigenvalue weighted by atomic mass is 10.0. The van der Waals surface area contributed by atoms with Gasteiger partial charge in [-0.25, -0.2) is 4.79 Å². The number of benzene rings is 2. The van der Waals surface area contributed by atoms with Crippen molar-refractivity contribution in [3.05, 3.63) is 70.8 Å². The average Bonchev–Trinajstić information content (AvgIpc) is 2.92. The molecule has 1 aliphatic rings. The number of hydrogen-bond donors (Lipinski definition) is 2. The summed E-state index contributed by atoms with van der Waals surface area (Å²) in [7, 11) is 0. The van der Waals surface area contributed by atoms with Crippen LogP contribution in [0.15, 0.2) is 48.5 Å². The maximum absolute atomic E-state index is 12.6. The number of carbonyl (C=O) groups is 3. The number of imide groups is 1. The van der Waals surface area contributed by atoms with E-state index >= 15 is 0 Å². The van der Waals surface area contributed by atoms with Gasteiger partial charge in [-0.05, 0) is 43.0 Å². The Labute approximate surface area is 164 Å². The first-order valence-corrected chi connectivity index (χ1v) is 9.37. The smallest absolute Gasteiger partial charge is 0.325 e. The summed E-state index contributed by atoms with van der Waals surface area (Å²) >= 11 is 0. The Hall–Kier alpha value is -3.15. The van der Waals surface area contributed by atoms with Gasteiger partial charge >= 0.3 is 6.03 Å². The SMILES string of the molecule is Cc1ccc(C(C)NC(=O)CN2C(=O)NC(Cc3ccccc3)C2=O)cc1C. The minimum Gasteiger partial charge on any atom is -0.348 e. The van der Waals surface area contributed by atoms with Gasteiger partial charge in [0.2, 0.25) is 5.91 Å². The molecule has 146 valence electrons. The van der Waals surface area contributed by atoms with Crippen molar-refractivity contribution < 1.29 is 14.4 Å². The largest absolute Gasteiger partial charge is 0.348 e. The van der Waals surface area contributed by atoms with Crippen LogP contribution in [0.4, 0.5) is 4.79 Å². The van der Waals surface area contributed by atoms with E-state index in [0.29, 0.717) is 6.42 Å². The highest BCUT2D eigenvalue weighted by Crippen LogP contribution is 2.17. The molecule has 3 rings (SSSR count). The first-order valence-electron chi connectivity index (χ1n) is 9.37. The normalized spacial score (nSPS) is 17.4. The second kappa shape index (κ2) is 8.25. The Morgan fingerprint density at radius 1 is 1.11 bits per heavy atom. The van der Waals surface area contributed by atoms with Crippen LogP contribution in [0.5, 0.6) is 0 Å². The first-order chi connectivity index (χ1) is 13.3. The van der Waals surface area contributed by atoms with Gasteiger partial charge in [0, 0.05) is 6.42 Å². The van der Waals surface area contributed by atoms with Crippen molar-refractivity contribution in [1.82, 2.24) is 15.5 Å². The Bertz CT molecular complexity index is 895. The summed E-state index contributed by atoms with van der Waals surface area (Å²) in [6.45, 7) is 5.65. The maximum Gasteiger partial charge on any atom is 0.325 e. The quantitative estimate of drug-likeness (QED) is 0.758. The minimum atomic E-state index is -0.639. The van der Waals surface area contributed by atoms with Crippen molar-refractivity contribution in [3.8, 4) is 0 Å². The van der Waals surface area contributed by atoms with E-state index in [1.54, 1.807) is 0 Å². The fraction of sp³-hybridized carbons (Fsp3) is 0.318. The van der Waals surface area contributed by atoms with E-state index in [4.69, 9.17) is 0 Å². The number of aryl methyl sites for hydroxylation is 2. The van der Waals surface area contributed by atoms with E-state index in [1.807, 2.05) is 69.3 Å². The highest BCUT2D eigenvalue weighted by Gasteiger charge is 2.38. The van der Waals surface area contributed by atoms with Gasteiger partial charge < -0.3 is 10.6 Å². The zero-order valence-corrected chi connectivity index (χ0v) is 16.4. The molecule has 6 heteroatoms. The first kappa shape index (κ1) is 19.6. The third-order valence-corrected chi connectivity index (χ3v) is 5.10. The van der Waals surface area contributed by atoms with Crippen molar-refractivity contribution in [1.29, 1.82) is 0 Å². The number of amides is 4. The minimum absolute atomic E-state index is 0.215. The Kier molecular flexibility index (Phi) is 5.78. The molecule has 0 saturated carbocycles. The van der Waals surface area contributed by atoms with Crippen LogP contribution < -0.4 is 10.6 Å². The third-order valence-electron chi connectivity index (χ3n) is 5.10. The molecule has 0 aliphatic carbocycles. The molecule has 2 N–H and O–H groups in total. The topological polar surface area (TPSA) is 78.5 Å². The Balaban J connectivity index is 1.59. The van der Waals surface area contributed by atoms with Gasteiger partial charge in [-0.2, -0.15) is 0 Å². The zero-order chi connectivity index (χ0) is 20.3. The molecule has 4 amide bonds. The summed E-state index contributed by atoms with van der Waals surface area (Å²) in [4.78, 5) is 38.1. The molecule has 2 unspecified atom stereocenters. The molecular formula is C22H25N3O3. The third kappa shape index (κ3) is 4.39. The number of urea groups is 1. The summed E-state index contributed by atoms with van der Waals surface area (Å²) in [5, 5.41) is 5.53. The van der Waals surface area contributed by atoms with Gasteiger partial charge in [-0.15, -0.1) is 0 Å². The van der Waals surface area contributed by atoms with Crippen molar-refractivity contribution in [2.24, 2.45) is 0 Å². The number of hydrogen-bond acceptors (Lipinski definition) is 3. The lowest BCUT2D eigenvalue weighted by Gasteiger charge is -2.18. The van der Waals surface area contributed by atoms with Crippen molar-refractivity contribution >= 4 is 17.8 Å². The van der Waals surface area contributed by atoms with Crippen molar-refractivity contribution in [3.63, 3.8) is 0 Å². The van der Waals surface area contributed by atoms with E-state index in [1.165, 1.54) is 5.56 Å². The molecule has 0 spiro atoms. The van der Waals surface area contributed by atoms with Crippen molar-refractivity contribution in [2.75, 3.05) is 6.54 Å². The predicted octanol–water partition coefficient (Wildman–Crippen LogP) is 2.64. The van der Waals surface area contributed by atoms with E-state index in [-0.39, 0.29) is 24.4 Å². The predicted molar refractivity (Wildman–Crippen MR) is 107 cm³/mol. The standard InChI is InChI=1S/C22H25N3O3/c1-14-9-10-18(11-15(14)2)16(3)23-20(26)13-25-21(27)19(24-22(25)28)12-17-7-5-4-6-8-17/h4-11,16,19H,12-13H2,1-3H3,(H,23,26)(H,24,28). The van der Waals surface area contributed by atoms with Crippen LogP contribution in [0.3, 0.4) is 0 Å². The summed E-state index contributed by atoms with van der Waals surface area (Å²) in [6.07, 6.45) is 0.405. The van der Waals surface area contributed by atoms with Crippen LogP contribution in [-0.2, 0) is 16.0 Å². The fourth-order valence-corrected chi connectivity index (χ4v) is 3.26. The van der Waals surface area contributed by atoms with Gasteiger partial charge in [0.05, 0.1) is 6.04 Å². The van der Waals surface area contributed by atoms with E-state index in [2.05, 4.69) is 10.6 Å². The van der Waals surface area contributed by atoms with Crippen LogP contribution in [0.1, 0.15) is 35.2 Å². The van der Waals surface area contributed by atoms with Gasteiger partial charge in [-0.1, -0.05) is 48.5 Å². The van der Waals surface area contributed by atoms with E-state index in [0.717, 1.165) is 21.6 Å². The lowest BCUT2D eigenvalue weighted by molar-refractivity contribution is -0.132. The van der Waals surface area contributed by atoms with Gasteiger partial charge in [0.1, 0.15) is 12.6 Å². The summed E-state index contributed by atoms with van der Waals surface area (Å²) in [5.41, 5.74) is 4.27. The number of nitrogens with one attached hydrogen (secondary N) is 2. The molecule has 28 heavy (non-hydrogen) atoms. The molecular weight excluding hydrogens is 354 g/mol. The maximum atomic E-state index is 12.6. The second-order valence-corrected chi connectivity index (χ2v) is 7.25. The van der Waals surface area contributed by atoms with Gasteiger partial charge in [0.15, 0.2) is 0 Å². The highest BCUT2D eigenvalue weighted by molar-refractivity contribution is 6.06. The summed E-state index contributed by atoms with van der Waals surface area (Å²) in [5.74, 6) is -0.738. The molecule has 1 saturated heterocycles. The summed E-state index contributed by atoms with van der Waals surface area (Å²) in [6, 6.07) is 14.1. The Morgan fingerprint density at radius 3 is 2.50 bits per heavy atom. The summed E-state index contributed by atoms with van der Waals surface area (Å²) < 4.78 is 0. The molecule has 0 aromatic heterocycles. The average molecular weight is 379 g/mol. The van der Waals surface area contributed by atoms with E-state index < -0.39 is 12.1 Å². The Morgan fingerprint density at radius 2 is 1.82 bits per heavy atom.